The molecule has 9 aromatic rings. The molecule has 1 aliphatic rings. The Kier molecular flexibility index (Phi) is 7.16. The van der Waals surface area contributed by atoms with Crippen molar-refractivity contribution in [2.45, 2.75) is 19.3 Å². The maximum Gasteiger partial charge on any atom is 0.160 e. The fraction of sp³-hybridized carbons (Fsp3) is 0.0600. The van der Waals surface area contributed by atoms with Crippen LogP contribution < -0.4 is 0 Å². The zero-order chi connectivity index (χ0) is 35.5. The second-order valence-electron chi connectivity index (χ2n) is 14.5. The molecule has 0 fully saturated rings. The number of aromatic nitrogens is 3. The van der Waals surface area contributed by atoms with Crippen LogP contribution in [0.2, 0.25) is 0 Å². The summed E-state index contributed by atoms with van der Waals surface area (Å²) in [7, 11) is 0. The minimum absolute atomic E-state index is 0.0847. The quantitative estimate of drug-likeness (QED) is 0.182. The predicted molar refractivity (Wildman–Crippen MR) is 220 cm³/mol. The number of fused-ring (bicyclic) bond motifs is 5. The predicted octanol–water partition coefficient (Wildman–Crippen LogP) is 12.8. The summed E-state index contributed by atoms with van der Waals surface area (Å²) in [5, 5.41) is 3.68. The van der Waals surface area contributed by atoms with Gasteiger partial charge in [0, 0.05) is 33.7 Å². The van der Waals surface area contributed by atoms with Gasteiger partial charge in [0.15, 0.2) is 5.82 Å². The van der Waals surface area contributed by atoms with E-state index in [1.807, 2.05) is 30.5 Å². The molecule has 0 amide bonds. The van der Waals surface area contributed by atoms with Gasteiger partial charge in [-0.2, -0.15) is 0 Å². The topological polar surface area (TPSA) is 38.7 Å². The van der Waals surface area contributed by atoms with E-state index in [0.29, 0.717) is 5.82 Å². The Bertz CT molecular complexity index is 2850. The molecule has 7 aromatic carbocycles. The zero-order valence-corrected chi connectivity index (χ0v) is 29.6. The van der Waals surface area contributed by atoms with Crippen LogP contribution in [0.25, 0.3) is 89.0 Å². The van der Waals surface area contributed by atoms with E-state index in [-0.39, 0.29) is 5.41 Å². The summed E-state index contributed by atoms with van der Waals surface area (Å²) >= 11 is 0. The summed E-state index contributed by atoms with van der Waals surface area (Å²) in [5.74, 6) is 0.705. The van der Waals surface area contributed by atoms with E-state index in [1.165, 1.54) is 44.2 Å². The van der Waals surface area contributed by atoms with Crippen LogP contribution in [-0.2, 0) is 5.41 Å². The fourth-order valence-electron chi connectivity index (χ4n) is 8.11. The van der Waals surface area contributed by atoms with E-state index in [4.69, 9.17) is 9.97 Å². The van der Waals surface area contributed by atoms with E-state index in [0.717, 1.165) is 50.1 Å². The van der Waals surface area contributed by atoms with Gasteiger partial charge in [0.05, 0.1) is 16.9 Å². The zero-order valence-electron chi connectivity index (χ0n) is 29.6. The van der Waals surface area contributed by atoms with Crippen molar-refractivity contribution in [1.29, 1.82) is 0 Å². The Morgan fingerprint density at radius 3 is 1.87 bits per heavy atom. The van der Waals surface area contributed by atoms with E-state index < -0.39 is 0 Å². The van der Waals surface area contributed by atoms with E-state index >= 15 is 0 Å². The monoisotopic (exact) mass is 677 g/mol. The highest BCUT2D eigenvalue weighted by Crippen LogP contribution is 2.53. The first kappa shape index (κ1) is 31.1. The minimum atomic E-state index is -0.0847. The molecule has 0 spiro atoms. The smallest absolute Gasteiger partial charge is 0.160 e. The molecule has 10 rings (SSSR count). The first-order chi connectivity index (χ1) is 26.0. The van der Waals surface area contributed by atoms with Crippen molar-refractivity contribution in [3.05, 3.63) is 187 Å². The van der Waals surface area contributed by atoms with Crippen molar-refractivity contribution in [2.75, 3.05) is 0 Å². The highest BCUT2D eigenvalue weighted by Gasteiger charge is 2.37. The van der Waals surface area contributed by atoms with Crippen LogP contribution in [0.4, 0.5) is 0 Å². The van der Waals surface area contributed by atoms with Gasteiger partial charge < -0.3 is 0 Å². The van der Waals surface area contributed by atoms with Crippen molar-refractivity contribution in [2.24, 2.45) is 0 Å². The lowest BCUT2D eigenvalue weighted by Gasteiger charge is -2.22. The average Bonchev–Trinajstić information content (AvgIpc) is 3.45. The lowest BCUT2D eigenvalue weighted by molar-refractivity contribution is 0.661. The number of hydrogen-bond donors (Lipinski definition) is 0. The molecule has 3 nitrogen and oxygen atoms in total. The molecule has 2 aromatic heterocycles. The SMILES string of the molecule is CC1(C)c2cc3ccccc3cc2-c2c(-c3ccc(-c4cc(-c5cccc(-c6ccc7ncccc7c6)c5)nc(-c5ccccc5)n4)cc3)cccc21. The molecule has 53 heavy (non-hydrogen) atoms. The molecule has 250 valence electrons. The number of hydrogen-bond acceptors (Lipinski definition) is 3. The van der Waals surface area contributed by atoms with Gasteiger partial charge >= 0.3 is 0 Å². The van der Waals surface area contributed by atoms with Gasteiger partial charge in [0.25, 0.3) is 0 Å². The molecular weight excluding hydrogens is 643 g/mol. The number of rotatable bonds is 5. The molecule has 2 heterocycles. The van der Waals surface area contributed by atoms with Crippen LogP contribution in [-0.4, -0.2) is 15.0 Å². The molecular formula is C50H35N3. The molecule has 0 aliphatic heterocycles. The van der Waals surface area contributed by atoms with E-state index in [1.54, 1.807) is 0 Å². The third kappa shape index (κ3) is 5.32. The molecule has 0 N–H and O–H groups in total. The Morgan fingerprint density at radius 2 is 1.04 bits per heavy atom. The standard InChI is InChI=1S/C50H35N3/c1-50(2)43-19-9-18-41(48(43)42-29-36-13-6-7-14-37(36)30-44(42)50)32-20-22-33(23-21-32)46-31-47(53-49(52-46)34-11-4-3-5-12-34)40-16-8-15-35(27-40)38-24-25-45-39(28-38)17-10-26-51-45/h3-31H,1-2H3. The molecule has 0 atom stereocenters. The van der Waals surface area contributed by atoms with Gasteiger partial charge in [-0.25, -0.2) is 9.97 Å². The third-order valence-electron chi connectivity index (χ3n) is 10.9. The highest BCUT2D eigenvalue weighted by atomic mass is 14.9. The first-order valence-electron chi connectivity index (χ1n) is 18.2. The maximum absolute atomic E-state index is 5.13. The Morgan fingerprint density at radius 1 is 0.396 bits per heavy atom. The largest absolute Gasteiger partial charge is 0.256 e. The van der Waals surface area contributed by atoms with Crippen LogP contribution >= 0.6 is 0 Å². The molecule has 0 unspecified atom stereocenters. The lowest BCUT2D eigenvalue weighted by Crippen LogP contribution is -2.14. The molecule has 0 radical (unpaired) electrons. The number of pyridine rings is 1. The summed E-state index contributed by atoms with van der Waals surface area (Å²) in [6.45, 7) is 4.71. The first-order valence-corrected chi connectivity index (χ1v) is 18.2. The minimum Gasteiger partial charge on any atom is -0.256 e. The van der Waals surface area contributed by atoms with Crippen LogP contribution in [0.1, 0.15) is 25.0 Å². The Labute approximate surface area is 309 Å². The highest BCUT2D eigenvalue weighted by molar-refractivity contribution is 5.98. The number of benzene rings is 7. The summed E-state index contributed by atoms with van der Waals surface area (Å²) in [6.07, 6.45) is 1.84. The maximum atomic E-state index is 5.13. The van der Waals surface area contributed by atoms with Crippen molar-refractivity contribution < 1.29 is 0 Å². The summed E-state index contributed by atoms with van der Waals surface area (Å²) in [5.41, 5.74) is 15.9. The second kappa shape index (κ2) is 12.2. The van der Waals surface area contributed by atoms with Crippen molar-refractivity contribution in [3.8, 4) is 67.3 Å². The van der Waals surface area contributed by atoms with Crippen molar-refractivity contribution in [1.82, 2.24) is 15.0 Å². The van der Waals surface area contributed by atoms with Gasteiger partial charge in [-0.05, 0) is 97.7 Å². The summed E-state index contributed by atoms with van der Waals surface area (Å²) < 4.78 is 0. The Balaban J connectivity index is 1.06. The average molecular weight is 678 g/mol. The van der Waals surface area contributed by atoms with Crippen molar-refractivity contribution in [3.63, 3.8) is 0 Å². The van der Waals surface area contributed by atoms with Gasteiger partial charge in [-0.15, -0.1) is 0 Å². The molecule has 1 aliphatic carbocycles. The lowest BCUT2D eigenvalue weighted by atomic mass is 9.81. The molecule has 0 saturated heterocycles. The van der Waals surface area contributed by atoms with Crippen LogP contribution in [0.15, 0.2) is 176 Å². The normalized spacial score (nSPS) is 12.9. The van der Waals surface area contributed by atoms with Gasteiger partial charge in [-0.1, -0.05) is 141 Å². The molecule has 0 bridgehead atoms. The second-order valence-corrected chi connectivity index (χ2v) is 14.5. The Hall–Kier alpha value is -6.71. The van der Waals surface area contributed by atoms with E-state index in [9.17, 15) is 0 Å². The summed E-state index contributed by atoms with van der Waals surface area (Å²) in [4.78, 5) is 14.8. The molecule has 0 saturated carbocycles. The summed E-state index contributed by atoms with van der Waals surface area (Å²) in [6, 6.07) is 60.7. The fourth-order valence-corrected chi connectivity index (χ4v) is 8.11. The van der Waals surface area contributed by atoms with Crippen molar-refractivity contribution >= 4 is 21.7 Å². The number of nitrogens with zero attached hydrogens (tertiary/aromatic N) is 3. The third-order valence-corrected chi connectivity index (χ3v) is 10.9. The van der Waals surface area contributed by atoms with Crippen LogP contribution in [0, 0.1) is 0 Å². The van der Waals surface area contributed by atoms with Gasteiger partial charge in [-0.3, -0.25) is 4.98 Å². The molecule has 3 heteroatoms. The van der Waals surface area contributed by atoms with Gasteiger partial charge in [0.2, 0.25) is 0 Å². The van der Waals surface area contributed by atoms with E-state index in [2.05, 4.69) is 164 Å². The van der Waals surface area contributed by atoms with Crippen LogP contribution in [0.5, 0.6) is 0 Å². The van der Waals surface area contributed by atoms with Crippen LogP contribution in [0.3, 0.4) is 0 Å². The van der Waals surface area contributed by atoms with Gasteiger partial charge in [0.1, 0.15) is 0 Å².